The molecule has 0 unspecified atom stereocenters. The van der Waals surface area contributed by atoms with Crippen LogP contribution in [-0.2, 0) is 11.3 Å². The summed E-state index contributed by atoms with van der Waals surface area (Å²) in [7, 11) is 1.35. The third-order valence-corrected chi connectivity index (χ3v) is 3.75. The van der Waals surface area contributed by atoms with Crippen molar-refractivity contribution < 1.29 is 13.9 Å². The fourth-order valence-corrected chi connectivity index (χ4v) is 2.84. The summed E-state index contributed by atoms with van der Waals surface area (Å²) in [6.07, 6.45) is 6.15. The van der Waals surface area contributed by atoms with Crippen molar-refractivity contribution in [2.45, 2.75) is 19.9 Å². The molecule has 1 aliphatic rings. The monoisotopic (exact) mass is 286 g/mol. The first kappa shape index (κ1) is 13.5. The van der Waals surface area contributed by atoms with E-state index in [1.165, 1.54) is 13.3 Å². The van der Waals surface area contributed by atoms with Gasteiger partial charge in [-0.3, -0.25) is 0 Å². The Morgan fingerprint density at radius 2 is 2.29 bits per heavy atom. The number of pyridine rings is 1. The van der Waals surface area contributed by atoms with Crippen molar-refractivity contribution in [3.63, 3.8) is 0 Å². The predicted octanol–water partition coefficient (Wildman–Crippen LogP) is 3.20. The Kier molecular flexibility index (Phi) is 3.33. The normalized spacial score (nSPS) is 13.1. The van der Waals surface area contributed by atoms with Gasteiger partial charge in [-0.05, 0) is 37.1 Å². The van der Waals surface area contributed by atoms with E-state index in [-0.39, 0.29) is 0 Å². The maximum absolute atomic E-state index is 14.1. The SMILES string of the molecule is COC(=O)c1c(C)c(-c2cccnc2F)n2c1C=CCC2. The van der Waals surface area contributed by atoms with E-state index in [1.807, 2.05) is 23.6 Å². The summed E-state index contributed by atoms with van der Waals surface area (Å²) in [4.78, 5) is 15.8. The molecule has 2 aromatic heterocycles. The summed E-state index contributed by atoms with van der Waals surface area (Å²) in [5.74, 6) is -0.940. The number of esters is 1. The molecule has 0 saturated heterocycles. The molecule has 0 radical (unpaired) electrons. The molecule has 0 N–H and O–H groups in total. The number of allylic oxidation sites excluding steroid dienone is 1. The maximum atomic E-state index is 14.1. The molecular weight excluding hydrogens is 271 g/mol. The molecule has 4 nitrogen and oxygen atoms in total. The van der Waals surface area contributed by atoms with Crippen LogP contribution in [0.5, 0.6) is 0 Å². The molecule has 3 heterocycles. The van der Waals surface area contributed by atoms with E-state index in [9.17, 15) is 9.18 Å². The highest BCUT2D eigenvalue weighted by molar-refractivity contribution is 5.97. The molecular formula is C16H15FN2O2. The van der Waals surface area contributed by atoms with Gasteiger partial charge in [-0.25, -0.2) is 9.78 Å². The van der Waals surface area contributed by atoms with Crippen LogP contribution in [0.15, 0.2) is 24.4 Å². The topological polar surface area (TPSA) is 44.1 Å². The second-order valence-corrected chi connectivity index (χ2v) is 4.91. The third-order valence-electron chi connectivity index (χ3n) is 3.75. The van der Waals surface area contributed by atoms with Crippen molar-refractivity contribution in [1.82, 2.24) is 9.55 Å². The van der Waals surface area contributed by atoms with E-state index < -0.39 is 11.9 Å². The quantitative estimate of drug-likeness (QED) is 0.629. The Morgan fingerprint density at radius 3 is 3.00 bits per heavy atom. The average Bonchev–Trinajstić information content (AvgIpc) is 2.79. The summed E-state index contributed by atoms with van der Waals surface area (Å²) in [6, 6.07) is 3.37. The minimum atomic E-state index is -0.535. The molecule has 0 aliphatic carbocycles. The predicted molar refractivity (Wildman–Crippen MR) is 77.3 cm³/mol. The Labute approximate surface area is 121 Å². The molecule has 2 aromatic rings. The third kappa shape index (κ3) is 2.05. The number of ether oxygens (including phenoxy) is 1. The number of hydrogen-bond donors (Lipinski definition) is 0. The van der Waals surface area contributed by atoms with E-state index in [2.05, 4.69) is 4.98 Å². The smallest absolute Gasteiger partial charge is 0.340 e. The van der Waals surface area contributed by atoms with Gasteiger partial charge in [0.25, 0.3) is 0 Å². The Morgan fingerprint density at radius 1 is 1.48 bits per heavy atom. The first-order valence-corrected chi connectivity index (χ1v) is 6.74. The molecule has 21 heavy (non-hydrogen) atoms. The fraction of sp³-hybridized carbons (Fsp3) is 0.250. The number of halogens is 1. The average molecular weight is 286 g/mol. The largest absolute Gasteiger partial charge is 0.465 e. The second kappa shape index (κ2) is 5.16. The molecule has 0 aromatic carbocycles. The van der Waals surface area contributed by atoms with Gasteiger partial charge in [-0.2, -0.15) is 4.39 Å². The van der Waals surface area contributed by atoms with Gasteiger partial charge in [0.15, 0.2) is 0 Å². The van der Waals surface area contributed by atoms with Gasteiger partial charge in [0.2, 0.25) is 5.95 Å². The van der Waals surface area contributed by atoms with Crippen molar-refractivity contribution in [1.29, 1.82) is 0 Å². The van der Waals surface area contributed by atoms with Crippen LogP contribution in [0.3, 0.4) is 0 Å². The van der Waals surface area contributed by atoms with Crippen LogP contribution in [-0.4, -0.2) is 22.6 Å². The lowest BCUT2D eigenvalue weighted by Gasteiger charge is -2.15. The van der Waals surface area contributed by atoms with E-state index in [0.717, 1.165) is 17.7 Å². The van der Waals surface area contributed by atoms with Gasteiger partial charge in [-0.1, -0.05) is 6.08 Å². The van der Waals surface area contributed by atoms with Crippen LogP contribution >= 0.6 is 0 Å². The highest BCUT2D eigenvalue weighted by Crippen LogP contribution is 2.35. The molecule has 0 fully saturated rings. The molecule has 3 rings (SSSR count). The summed E-state index contributed by atoms with van der Waals surface area (Å²) in [5, 5.41) is 0. The van der Waals surface area contributed by atoms with E-state index in [0.29, 0.717) is 23.4 Å². The van der Waals surface area contributed by atoms with Gasteiger partial charge in [0.05, 0.1) is 29.6 Å². The summed E-state index contributed by atoms with van der Waals surface area (Å²) < 4.78 is 20.9. The lowest BCUT2D eigenvalue weighted by Crippen LogP contribution is -2.09. The van der Waals surface area contributed by atoms with Crippen molar-refractivity contribution in [3.8, 4) is 11.3 Å². The molecule has 0 bridgehead atoms. The number of rotatable bonds is 2. The molecule has 1 aliphatic heterocycles. The van der Waals surface area contributed by atoms with E-state index in [4.69, 9.17) is 4.74 Å². The van der Waals surface area contributed by atoms with Crippen molar-refractivity contribution >= 4 is 12.0 Å². The van der Waals surface area contributed by atoms with Gasteiger partial charge in [0, 0.05) is 12.7 Å². The molecule has 0 atom stereocenters. The standard InChI is InChI=1S/C16H15FN2O2/c1-10-13(16(20)21-2)12-7-3-4-9-19(12)14(10)11-6-5-8-18-15(11)17/h3,5-8H,4,9H2,1-2H3. The molecule has 0 saturated carbocycles. The number of hydrogen-bond acceptors (Lipinski definition) is 3. The number of fused-ring (bicyclic) bond motifs is 1. The van der Waals surface area contributed by atoms with Gasteiger partial charge >= 0.3 is 5.97 Å². The maximum Gasteiger partial charge on any atom is 0.340 e. The molecule has 5 heteroatoms. The van der Waals surface area contributed by atoms with Crippen LogP contribution in [0.4, 0.5) is 4.39 Å². The summed E-state index contributed by atoms with van der Waals surface area (Å²) in [5.41, 5.74) is 3.08. The van der Waals surface area contributed by atoms with E-state index >= 15 is 0 Å². The van der Waals surface area contributed by atoms with Gasteiger partial charge in [-0.15, -0.1) is 0 Å². The zero-order valence-electron chi connectivity index (χ0n) is 11.9. The zero-order chi connectivity index (χ0) is 15.0. The van der Waals surface area contributed by atoms with E-state index in [1.54, 1.807) is 12.1 Å². The van der Waals surface area contributed by atoms with Crippen LogP contribution in [0, 0.1) is 12.9 Å². The summed E-state index contributed by atoms with van der Waals surface area (Å²) >= 11 is 0. The lowest BCUT2D eigenvalue weighted by molar-refractivity contribution is 0.0599. The number of methoxy groups -OCH3 is 1. The first-order chi connectivity index (χ1) is 10.1. The fourth-order valence-electron chi connectivity index (χ4n) is 2.84. The molecule has 108 valence electrons. The highest BCUT2D eigenvalue weighted by atomic mass is 19.1. The lowest BCUT2D eigenvalue weighted by atomic mass is 10.1. The van der Waals surface area contributed by atoms with Crippen molar-refractivity contribution in [3.05, 3.63) is 47.2 Å². The molecule has 0 spiro atoms. The minimum absolute atomic E-state index is 0.404. The number of carbonyl (C=O) groups is 1. The van der Waals surface area contributed by atoms with Crippen LogP contribution in [0.2, 0.25) is 0 Å². The highest BCUT2D eigenvalue weighted by Gasteiger charge is 2.27. The van der Waals surface area contributed by atoms with Gasteiger partial charge < -0.3 is 9.30 Å². The van der Waals surface area contributed by atoms with Gasteiger partial charge in [0.1, 0.15) is 0 Å². The zero-order valence-corrected chi connectivity index (χ0v) is 11.9. The van der Waals surface area contributed by atoms with Crippen LogP contribution in [0.25, 0.3) is 17.3 Å². The summed E-state index contributed by atoms with van der Waals surface area (Å²) in [6.45, 7) is 2.51. The second-order valence-electron chi connectivity index (χ2n) is 4.91. The van der Waals surface area contributed by atoms with Crippen LogP contribution in [0.1, 0.15) is 28.0 Å². The number of nitrogens with zero attached hydrogens (tertiary/aromatic N) is 2. The Balaban J connectivity index is 2.32. The van der Waals surface area contributed by atoms with Crippen molar-refractivity contribution in [2.24, 2.45) is 0 Å². The van der Waals surface area contributed by atoms with Crippen LogP contribution < -0.4 is 0 Å². The Bertz CT molecular complexity index is 747. The number of aromatic nitrogens is 2. The number of carbonyl (C=O) groups excluding carboxylic acids is 1. The first-order valence-electron chi connectivity index (χ1n) is 6.74. The minimum Gasteiger partial charge on any atom is -0.465 e. The van der Waals surface area contributed by atoms with Crippen molar-refractivity contribution in [2.75, 3.05) is 7.11 Å². The Hall–Kier alpha value is -2.43. The molecule has 0 amide bonds.